The van der Waals surface area contributed by atoms with Gasteiger partial charge in [0, 0.05) is 26.6 Å². The molecule has 3 heterocycles. The number of rotatable bonds is 6. The molecule has 8 heteroatoms. The standard InChI is InChI=1S/C27H33N5O3/c1-30-25(21-10-6-3-7-11-21)23-24(29-30)26(34)32(19-28-23)18-27(35)14-16-31(17-15-27)22(33)13-12-20-8-4-2-5-9-20/h2,4-5,8-10,19,35H,3,6-7,11-18H2,1H3. The average Bonchev–Trinajstić information content (AvgIpc) is 3.22. The fourth-order valence-electron chi connectivity index (χ4n) is 5.32. The van der Waals surface area contributed by atoms with Gasteiger partial charge in [-0.25, -0.2) is 4.98 Å². The smallest absolute Gasteiger partial charge is 0.281 e. The van der Waals surface area contributed by atoms with Crippen molar-refractivity contribution in [2.24, 2.45) is 7.05 Å². The number of likely N-dealkylation sites (tertiary alicyclic amines) is 1. The van der Waals surface area contributed by atoms with Gasteiger partial charge in [0.05, 0.1) is 24.2 Å². The minimum Gasteiger partial charge on any atom is -0.388 e. The number of piperidine rings is 1. The molecule has 0 saturated carbocycles. The molecule has 1 fully saturated rings. The molecule has 0 radical (unpaired) electrons. The maximum atomic E-state index is 13.2. The molecule has 5 rings (SSSR count). The molecule has 1 saturated heterocycles. The highest BCUT2D eigenvalue weighted by Crippen LogP contribution is 2.30. The molecule has 184 valence electrons. The van der Waals surface area contributed by atoms with Crippen LogP contribution in [0.1, 0.15) is 56.2 Å². The van der Waals surface area contributed by atoms with Crippen LogP contribution in [0.2, 0.25) is 0 Å². The van der Waals surface area contributed by atoms with Crippen molar-refractivity contribution in [3.63, 3.8) is 0 Å². The van der Waals surface area contributed by atoms with Gasteiger partial charge in [-0.1, -0.05) is 36.4 Å². The van der Waals surface area contributed by atoms with Gasteiger partial charge in [-0.05, 0) is 56.1 Å². The Labute approximate surface area is 204 Å². The topological polar surface area (TPSA) is 93.2 Å². The van der Waals surface area contributed by atoms with Gasteiger partial charge in [0.1, 0.15) is 5.52 Å². The summed E-state index contributed by atoms with van der Waals surface area (Å²) in [5.41, 5.74) is 2.95. The second kappa shape index (κ2) is 9.77. The number of carbonyl (C=O) groups is 1. The summed E-state index contributed by atoms with van der Waals surface area (Å²) < 4.78 is 3.23. The second-order valence-corrected chi connectivity index (χ2v) is 9.91. The number of hydrogen-bond donors (Lipinski definition) is 1. The highest BCUT2D eigenvalue weighted by molar-refractivity contribution is 5.87. The van der Waals surface area contributed by atoms with Gasteiger partial charge in [0.2, 0.25) is 5.91 Å². The van der Waals surface area contributed by atoms with Crippen LogP contribution >= 0.6 is 0 Å². The molecule has 8 nitrogen and oxygen atoms in total. The molecule has 0 bridgehead atoms. The lowest BCUT2D eigenvalue weighted by Crippen LogP contribution is -2.49. The first kappa shape index (κ1) is 23.5. The van der Waals surface area contributed by atoms with Crippen molar-refractivity contribution in [2.45, 2.75) is 63.5 Å². The van der Waals surface area contributed by atoms with E-state index in [4.69, 9.17) is 0 Å². The van der Waals surface area contributed by atoms with E-state index in [1.54, 1.807) is 4.68 Å². The molecule has 0 unspecified atom stereocenters. The van der Waals surface area contributed by atoms with Crippen LogP contribution in [-0.4, -0.2) is 53.9 Å². The van der Waals surface area contributed by atoms with E-state index in [0.717, 1.165) is 30.5 Å². The first-order valence-corrected chi connectivity index (χ1v) is 12.6. The first-order valence-electron chi connectivity index (χ1n) is 12.6. The summed E-state index contributed by atoms with van der Waals surface area (Å²) in [6.45, 7) is 1.11. The minimum atomic E-state index is -1.06. The van der Waals surface area contributed by atoms with Gasteiger partial charge in [0.15, 0.2) is 5.52 Å². The van der Waals surface area contributed by atoms with E-state index in [0.29, 0.717) is 49.8 Å². The summed E-state index contributed by atoms with van der Waals surface area (Å²) in [7, 11) is 1.86. The Hall–Kier alpha value is -3.26. The molecule has 2 aromatic heterocycles. The molecular weight excluding hydrogens is 442 g/mol. The number of nitrogens with zero attached hydrogens (tertiary/aromatic N) is 5. The monoisotopic (exact) mass is 475 g/mol. The van der Waals surface area contributed by atoms with Gasteiger partial charge >= 0.3 is 0 Å². The van der Waals surface area contributed by atoms with E-state index in [2.05, 4.69) is 16.2 Å². The third kappa shape index (κ3) is 4.93. The normalized spacial score (nSPS) is 18.0. The van der Waals surface area contributed by atoms with Crippen LogP contribution in [0.15, 0.2) is 47.5 Å². The molecule has 3 aromatic rings. The largest absolute Gasteiger partial charge is 0.388 e. The van der Waals surface area contributed by atoms with Crippen LogP contribution in [0.25, 0.3) is 16.6 Å². The third-order valence-electron chi connectivity index (χ3n) is 7.39. The highest BCUT2D eigenvalue weighted by Gasteiger charge is 2.35. The van der Waals surface area contributed by atoms with Crippen molar-refractivity contribution in [2.75, 3.05) is 13.1 Å². The Morgan fingerprint density at radius 2 is 1.89 bits per heavy atom. The number of aromatic nitrogens is 4. The molecular formula is C27H33N5O3. The molecule has 1 aliphatic carbocycles. The Balaban J connectivity index is 1.25. The van der Waals surface area contributed by atoms with Crippen LogP contribution in [0.3, 0.4) is 0 Å². The summed E-state index contributed by atoms with van der Waals surface area (Å²) in [5.74, 6) is 0.106. The fraction of sp³-hybridized carbons (Fsp3) is 0.481. The Kier molecular flexibility index (Phi) is 6.56. The fourth-order valence-corrected chi connectivity index (χ4v) is 5.32. The van der Waals surface area contributed by atoms with E-state index in [-0.39, 0.29) is 18.0 Å². The zero-order chi connectivity index (χ0) is 24.4. The highest BCUT2D eigenvalue weighted by atomic mass is 16.3. The molecule has 1 N–H and O–H groups in total. The number of allylic oxidation sites excluding steroid dienone is 2. The van der Waals surface area contributed by atoms with Crippen LogP contribution in [0.4, 0.5) is 0 Å². The summed E-state index contributed by atoms with van der Waals surface area (Å²) in [6.07, 6.45) is 10.1. The van der Waals surface area contributed by atoms with Crippen LogP contribution in [0.5, 0.6) is 0 Å². The summed E-state index contributed by atoms with van der Waals surface area (Å²) in [6, 6.07) is 9.99. The van der Waals surface area contributed by atoms with Crippen LogP contribution in [0, 0.1) is 0 Å². The lowest BCUT2D eigenvalue weighted by atomic mass is 9.91. The van der Waals surface area contributed by atoms with Crippen molar-refractivity contribution in [3.8, 4) is 0 Å². The quantitative estimate of drug-likeness (QED) is 0.591. The number of benzene rings is 1. The molecule has 2 aliphatic rings. The van der Waals surface area contributed by atoms with E-state index in [9.17, 15) is 14.7 Å². The number of carbonyl (C=O) groups excluding carboxylic acids is 1. The predicted octanol–water partition coefficient (Wildman–Crippen LogP) is 3.07. The second-order valence-electron chi connectivity index (χ2n) is 9.91. The number of fused-ring (bicyclic) bond motifs is 1. The van der Waals surface area contributed by atoms with Crippen LogP contribution in [-0.2, 0) is 24.8 Å². The first-order chi connectivity index (χ1) is 16.9. The Bertz CT molecular complexity index is 1300. The maximum absolute atomic E-state index is 13.2. The van der Waals surface area contributed by atoms with Gasteiger partial charge in [-0.15, -0.1) is 0 Å². The Morgan fingerprint density at radius 3 is 2.60 bits per heavy atom. The van der Waals surface area contributed by atoms with Gasteiger partial charge in [-0.3, -0.25) is 18.8 Å². The van der Waals surface area contributed by atoms with Crippen molar-refractivity contribution >= 4 is 22.5 Å². The third-order valence-corrected chi connectivity index (χ3v) is 7.39. The Morgan fingerprint density at radius 1 is 1.11 bits per heavy atom. The molecule has 1 amide bonds. The molecule has 0 spiro atoms. The van der Waals surface area contributed by atoms with Gasteiger partial charge in [-0.2, -0.15) is 5.10 Å². The van der Waals surface area contributed by atoms with E-state index >= 15 is 0 Å². The van der Waals surface area contributed by atoms with E-state index < -0.39 is 5.60 Å². The number of amides is 1. The number of hydrogen-bond acceptors (Lipinski definition) is 5. The lowest BCUT2D eigenvalue weighted by Gasteiger charge is -2.38. The zero-order valence-corrected chi connectivity index (χ0v) is 20.3. The summed E-state index contributed by atoms with van der Waals surface area (Å²) in [4.78, 5) is 32.3. The zero-order valence-electron chi connectivity index (χ0n) is 20.3. The minimum absolute atomic E-state index is 0.106. The van der Waals surface area contributed by atoms with Gasteiger partial charge in [0.25, 0.3) is 5.56 Å². The summed E-state index contributed by atoms with van der Waals surface area (Å²) in [5, 5.41) is 15.7. The van der Waals surface area contributed by atoms with E-state index in [1.807, 2.05) is 42.3 Å². The maximum Gasteiger partial charge on any atom is 0.281 e. The van der Waals surface area contributed by atoms with Crippen LogP contribution < -0.4 is 5.56 Å². The van der Waals surface area contributed by atoms with E-state index in [1.165, 1.54) is 22.9 Å². The van der Waals surface area contributed by atoms with Crippen molar-refractivity contribution in [1.29, 1.82) is 0 Å². The van der Waals surface area contributed by atoms with Crippen molar-refractivity contribution in [3.05, 3.63) is 64.3 Å². The molecule has 0 atom stereocenters. The SMILES string of the molecule is Cn1nc2c(=O)n(CC3(O)CCN(C(=O)CCc4ccccc4)CC3)cnc2c1C1=CCCCC1. The van der Waals surface area contributed by atoms with Crippen molar-refractivity contribution < 1.29 is 9.90 Å². The molecule has 35 heavy (non-hydrogen) atoms. The predicted molar refractivity (Wildman–Crippen MR) is 135 cm³/mol. The molecule has 1 aliphatic heterocycles. The summed E-state index contributed by atoms with van der Waals surface area (Å²) >= 11 is 0. The number of aliphatic hydroxyl groups is 1. The molecule has 1 aromatic carbocycles. The van der Waals surface area contributed by atoms with Crippen molar-refractivity contribution in [1.82, 2.24) is 24.2 Å². The number of aryl methyl sites for hydroxylation is 2. The lowest BCUT2D eigenvalue weighted by molar-refractivity contribution is -0.135. The average molecular weight is 476 g/mol. The van der Waals surface area contributed by atoms with Gasteiger partial charge < -0.3 is 10.0 Å².